The summed E-state index contributed by atoms with van der Waals surface area (Å²) < 4.78 is 59.3. The molecule has 1 N–H and O–H groups in total. The van der Waals surface area contributed by atoms with E-state index in [1.165, 1.54) is 25.3 Å². The Morgan fingerprint density at radius 1 is 1.00 bits per heavy atom. The van der Waals surface area contributed by atoms with E-state index in [9.17, 15) is 17.6 Å². The van der Waals surface area contributed by atoms with Gasteiger partial charge in [-0.3, -0.25) is 4.72 Å². The summed E-state index contributed by atoms with van der Waals surface area (Å²) in [5.41, 5.74) is 0.472. The van der Waals surface area contributed by atoms with E-state index in [1.54, 1.807) is 18.2 Å². The van der Waals surface area contributed by atoms with Crippen molar-refractivity contribution in [1.82, 2.24) is 0 Å². The summed E-state index contributed by atoms with van der Waals surface area (Å²) in [5, 5.41) is 0.257. The first-order valence-electron chi connectivity index (χ1n) is 9.49. The fraction of sp³-hybridized carbons (Fsp3) is 0.136. The van der Waals surface area contributed by atoms with Gasteiger partial charge in [0.25, 0.3) is 10.0 Å². The van der Waals surface area contributed by atoms with Gasteiger partial charge in [-0.1, -0.05) is 29.3 Å². The van der Waals surface area contributed by atoms with E-state index in [4.69, 9.17) is 37.4 Å². The molecule has 4 bridgehead atoms. The van der Waals surface area contributed by atoms with Gasteiger partial charge >= 0.3 is 5.97 Å². The smallest absolute Gasteiger partial charge is 0.338 e. The molecule has 0 spiro atoms. The third-order valence-corrected chi connectivity index (χ3v) is 6.66. The molecule has 0 saturated carbocycles. The molecular weight excluding hydrogens is 496 g/mol. The first-order chi connectivity index (χ1) is 15.7. The number of benzene rings is 3. The number of halogens is 3. The van der Waals surface area contributed by atoms with Gasteiger partial charge in [-0.05, 0) is 48.0 Å². The molecule has 7 nitrogen and oxygen atoms in total. The maximum Gasteiger partial charge on any atom is 0.338 e. The SMILES string of the molecule is COc1c(Cl)cc2cc1S(=O)(=O)Nc1cc(ccc1F)-c1cc(Cl)ccc1OCCOC2=O. The molecule has 0 amide bonds. The van der Waals surface area contributed by atoms with E-state index < -0.39 is 26.7 Å². The Morgan fingerprint density at radius 2 is 1.76 bits per heavy atom. The molecule has 4 rings (SSSR count). The van der Waals surface area contributed by atoms with E-state index >= 15 is 0 Å². The normalized spacial score (nSPS) is 15.1. The molecule has 1 aliphatic rings. The molecule has 0 aliphatic carbocycles. The van der Waals surface area contributed by atoms with Gasteiger partial charge in [0.05, 0.1) is 23.4 Å². The van der Waals surface area contributed by atoms with Crippen LogP contribution in [0.5, 0.6) is 11.5 Å². The number of rotatable bonds is 1. The molecule has 3 aromatic rings. The summed E-state index contributed by atoms with van der Waals surface area (Å²) >= 11 is 12.3. The number of esters is 1. The summed E-state index contributed by atoms with van der Waals surface area (Å²) in [6.45, 7) is -0.124. The molecular formula is C22H16Cl2FNO6S. The number of ether oxygens (including phenoxy) is 3. The van der Waals surface area contributed by atoms with Crippen molar-refractivity contribution >= 4 is 44.9 Å². The van der Waals surface area contributed by atoms with Crippen LogP contribution in [0.1, 0.15) is 10.4 Å². The van der Waals surface area contributed by atoms with Crippen LogP contribution in [0.25, 0.3) is 11.1 Å². The highest BCUT2D eigenvalue weighted by molar-refractivity contribution is 7.92. The van der Waals surface area contributed by atoms with E-state index in [0.29, 0.717) is 21.9 Å². The molecule has 11 heteroatoms. The van der Waals surface area contributed by atoms with Crippen LogP contribution in [0.15, 0.2) is 53.4 Å². The molecule has 0 fully saturated rings. The zero-order chi connectivity index (χ0) is 23.8. The van der Waals surface area contributed by atoms with Crippen molar-refractivity contribution in [1.29, 1.82) is 0 Å². The minimum Gasteiger partial charge on any atom is -0.494 e. The Hall–Kier alpha value is -3.01. The quantitative estimate of drug-likeness (QED) is 0.453. The van der Waals surface area contributed by atoms with E-state index in [0.717, 1.165) is 12.1 Å². The predicted octanol–water partition coefficient (Wildman–Crippen LogP) is 5.16. The van der Waals surface area contributed by atoms with Crippen LogP contribution in [0.3, 0.4) is 0 Å². The molecule has 0 atom stereocenters. The number of fused-ring (bicyclic) bond motifs is 6. The van der Waals surface area contributed by atoms with Crippen molar-refractivity contribution in [2.75, 3.05) is 25.0 Å². The minimum atomic E-state index is -4.44. The number of nitrogens with one attached hydrogen (secondary N) is 1. The lowest BCUT2D eigenvalue weighted by Crippen LogP contribution is -2.17. The zero-order valence-electron chi connectivity index (χ0n) is 17.0. The number of carbonyl (C=O) groups is 1. The van der Waals surface area contributed by atoms with E-state index in [2.05, 4.69) is 4.72 Å². The molecule has 0 unspecified atom stereocenters. The van der Waals surface area contributed by atoms with Crippen molar-refractivity contribution in [3.8, 4) is 22.6 Å². The molecule has 0 radical (unpaired) electrons. The van der Waals surface area contributed by atoms with Crippen molar-refractivity contribution < 1.29 is 31.8 Å². The lowest BCUT2D eigenvalue weighted by molar-refractivity contribution is 0.0450. The van der Waals surface area contributed by atoms with Crippen LogP contribution in [0, 0.1) is 5.82 Å². The summed E-state index contributed by atoms with van der Waals surface area (Å²) in [7, 11) is -3.22. The summed E-state index contributed by atoms with van der Waals surface area (Å²) in [5.74, 6) is -1.47. The Morgan fingerprint density at radius 3 is 2.52 bits per heavy atom. The standard InChI is InChI=1S/C22H16Cl2FNO6S/c1-30-21-16(24)8-13-10-20(21)33(28,29)26-18-9-12(2-4-17(18)25)15-11-14(23)3-5-19(15)31-6-7-32-22(13)27/h2-5,8-11,26H,6-7H2,1H3. The Kier molecular flexibility index (Phi) is 6.38. The highest BCUT2D eigenvalue weighted by Crippen LogP contribution is 2.37. The molecule has 172 valence electrons. The average Bonchev–Trinajstić information content (AvgIpc) is 2.77. The molecule has 33 heavy (non-hydrogen) atoms. The van der Waals surface area contributed by atoms with Gasteiger partial charge in [0.15, 0.2) is 5.75 Å². The Balaban J connectivity index is 1.92. The number of methoxy groups -OCH3 is 1. The van der Waals surface area contributed by atoms with Crippen molar-refractivity contribution in [2.45, 2.75) is 4.90 Å². The van der Waals surface area contributed by atoms with E-state index in [-0.39, 0.29) is 35.2 Å². The van der Waals surface area contributed by atoms with Crippen molar-refractivity contribution in [3.63, 3.8) is 0 Å². The summed E-state index contributed by atoms with van der Waals surface area (Å²) in [6.07, 6.45) is 0. The van der Waals surface area contributed by atoms with Crippen LogP contribution in [-0.2, 0) is 14.8 Å². The van der Waals surface area contributed by atoms with Gasteiger partial charge in [0, 0.05) is 10.6 Å². The van der Waals surface area contributed by atoms with Gasteiger partial charge in [0.1, 0.15) is 29.7 Å². The molecule has 1 aliphatic heterocycles. The lowest BCUT2D eigenvalue weighted by Gasteiger charge is -2.15. The molecule has 3 aromatic carbocycles. The molecule has 1 heterocycles. The number of sulfonamides is 1. The number of hydrogen-bond acceptors (Lipinski definition) is 6. The lowest BCUT2D eigenvalue weighted by atomic mass is 10.0. The maximum absolute atomic E-state index is 14.6. The fourth-order valence-corrected chi connectivity index (χ4v) is 5.08. The Labute approximate surface area is 199 Å². The first kappa shape index (κ1) is 23.2. The molecule has 0 aromatic heterocycles. The topological polar surface area (TPSA) is 90.9 Å². The third kappa shape index (κ3) is 4.71. The van der Waals surface area contributed by atoms with Crippen LogP contribution >= 0.6 is 23.2 Å². The van der Waals surface area contributed by atoms with Gasteiger partial charge in [-0.15, -0.1) is 0 Å². The number of anilines is 1. The fourth-order valence-electron chi connectivity index (χ4n) is 3.28. The highest BCUT2D eigenvalue weighted by Gasteiger charge is 2.26. The number of carbonyl (C=O) groups excluding carboxylic acids is 1. The highest BCUT2D eigenvalue weighted by atomic mass is 35.5. The zero-order valence-corrected chi connectivity index (χ0v) is 19.4. The molecule has 0 saturated heterocycles. The van der Waals surface area contributed by atoms with Crippen molar-refractivity contribution in [3.05, 3.63) is 70.0 Å². The number of cyclic esters (lactones) is 1. The van der Waals surface area contributed by atoms with Gasteiger partial charge in [-0.2, -0.15) is 0 Å². The summed E-state index contributed by atoms with van der Waals surface area (Å²) in [4.78, 5) is 12.0. The van der Waals surface area contributed by atoms with E-state index in [1.807, 2.05) is 0 Å². The van der Waals surface area contributed by atoms with Crippen LogP contribution in [-0.4, -0.2) is 34.7 Å². The largest absolute Gasteiger partial charge is 0.494 e. The van der Waals surface area contributed by atoms with Gasteiger partial charge in [0.2, 0.25) is 0 Å². The second kappa shape index (κ2) is 9.09. The van der Waals surface area contributed by atoms with Crippen LogP contribution in [0.4, 0.5) is 10.1 Å². The third-order valence-electron chi connectivity index (χ3n) is 4.78. The maximum atomic E-state index is 14.6. The average molecular weight is 512 g/mol. The first-order valence-corrected chi connectivity index (χ1v) is 11.7. The van der Waals surface area contributed by atoms with Crippen LogP contribution < -0.4 is 14.2 Å². The second-order valence-corrected chi connectivity index (χ2v) is 9.41. The van der Waals surface area contributed by atoms with Crippen LogP contribution in [0.2, 0.25) is 10.0 Å². The second-order valence-electron chi connectivity index (χ2n) is 6.91. The van der Waals surface area contributed by atoms with Crippen molar-refractivity contribution in [2.24, 2.45) is 0 Å². The minimum absolute atomic E-state index is 0.00170. The van der Waals surface area contributed by atoms with Gasteiger partial charge < -0.3 is 14.2 Å². The number of hydrogen-bond donors (Lipinski definition) is 1. The summed E-state index contributed by atoms with van der Waals surface area (Å²) in [6, 6.07) is 11.0. The van der Waals surface area contributed by atoms with Gasteiger partial charge in [-0.25, -0.2) is 17.6 Å². The Bertz CT molecular complexity index is 1360. The predicted molar refractivity (Wildman–Crippen MR) is 121 cm³/mol. The monoisotopic (exact) mass is 511 g/mol.